The van der Waals surface area contributed by atoms with Gasteiger partial charge in [-0.1, -0.05) is 13.8 Å². The monoisotopic (exact) mass is 508 g/mol. The number of carbonyl (C=O) groups is 6. The molecule has 2 aromatic rings. The SMILES string of the molecule is CCC(=O)OCCN1C(=O)c2ccc(Oc3ccc4c(c3)C(=O)N(CCOC(=O)CC)C4=O)cc2C1=O. The third kappa shape index (κ3) is 5.06. The highest BCUT2D eigenvalue weighted by Gasteiger charge is 2.37. The maximum absolute atomic E-state index is 12.8. The average molecular weight is 508 g/mol. The average Bonchev–Trinajstić information content (AvgIpc) is 3.28. The molecule has 2 heterocycles. The van der Waals surface area contributed by atoms with Crippen LogP contribution in [0, 0.1) is 0 Å². The van der Waals surface area contributed by atoms with Crippen LogP contribution in [0.25, 0.3) is 0 Å². The summed E-state index contributed by atoms with van der Waals surface area (Å²) in [5.41, 5.74) is 0.690. The molecule has 0 bridgehead atoms. The highest BCUT2D eigenvalue weighted by Crippen LogP contribution is 2.32. The predicted octanol–water partition coefficient (Wildman–Crippen LogP) is 2.58. The molecule has 0 unspecified atom stereocenters. The molecule has 0 fully saturated rings. The molecule has 4 rings (SSSR count). The standard InChI is InChI=1S/C26H24N2O9/c1-3-21(29)35-11-9-27-23(31)17-7-5-15(13-19(17)25(27)33)37-16-6-8-18-20(14-16)26(34)28(24(18)32)10-12-36-22(30)4-2/h5-8,13-14H,3-4,9-12H2,1-2H3. The fourth-order valence-electron chi connectivity index (χ4n) is 3.91. The lowest BCUT2D eigenvalue weighted by Gasteiger charge is -2.13. The Labute approximate surface area is 211 Å². The second kappa shape index (κ2) is 10.6. The fourth-order valence-corrected chi connectivity index (χ4v) is 3.91. The molecular weight excluding hydrogens is 484 g/mol. The zero-order valence-electron chi connectivity index (χ0n) is 20.3. The predicted molar refractivity (Wildman–Crippen MR) is 126 cm³/mol. The van der Waals surface area contributed by atoms with Crippen LogP contribution in [-0.4, -0.2) is 71.7 Å². The number of amides is 4. The summed E-state index contributed by atoms with van der Waals surface area (Å²) in [6, 6.07) is 8.79. The molecule has 2 aliphatic rings. The Balaban J connectivity index is 1.44. The van der Waals surface area contributed by atoms with E-state index in [9.17, 15) is 28.8 Å². The number of hydrogen-bond donors (Lipinski definition) is 0. The van der Waals surface area contributed by atoms with Gasteiger partial charge >= 0.3 is 11.9 Å². The summed E-state index contributed by atoms with van der Waals surface area (Å²) in [7, 11) is 0. The van der Waals surface area contributed by atoms with Crippen molar-refractivity contribution in [1.82, 2.24) is 9.80 Å². The minimum atomic E-state index is -0.535. The first-order chi connectivity index (χ1) is 17.7. The molecule has 37 heavy (non-hydrogen) atoms. The number of imide groups is 2. The Morgan fingerprint density at radius 1 is 0.622 bits per heavy atom. The van der Waals surface area contributed by atoms with Gasteiger partial charge in [-0.15, -0.1) is 0 Å². The lowest BCUT2D eigenvalue weighted by molar-refractivity contribution is -0.144. The van der Waals surface area contributed by atoms with Crippen molar-refractivity contribution in [2.24, 2.45) is 0 Å². The van der Waals surface area contributed by atoms with Gasteiger partial charge in [0.2, 0.25) is 0 Å². The summed E-state index contributed by atoms with van der Waals surface area (Å²) in [6.07, 6.45) is 0.384. The van der Waals surface area contributed by atoms with Gasteiger partial charge in [0, 0.05) is 12.8 Å². The summed E-state index contributed by atoms with van der Waals surface area (Å²) in [5, 5.41) is 0. The Hall–Kier alpha value is -4.54. The molecule has 0 spiro atoms. The number of esters is 2. The zero-order chi connectivity index (χ0) is 26.7. The van der Waals surface area contributed by atoms with Crippen LogP contribution in [0.3, 0.4) is 0 Å². The Bertz CT molecular complexity index is 1220. The molecule has 0 aromatic heterocycles. The quantitative estimate of drug-likeness (QED) is 0.350. The van der Waals surface area contributed by atoms with Crippen LogP contribution in [0.5, 0.6) is 11.5 Å². The number of fused-ring (bicyclic) bond motifs is 2. The molecule has 11 nitrogen and oxygen atoms in total. The van der Waals surface area contributed by atoms with Crippen LogP contribution < -0.4 is 4.74 Å². The van der Waals surface area contributed by atoms with Gasteiger partial charge in [-0.2, -0.15) is 0 Å². The molecule has 192 valence electrons. The van der Waals surface area contributed by atoms with Crippen LogP contribution in [0.15, 0.2) is 36.4 Å². The smallest absolute Gasteiger partial charge is 0.305 e. The third-order valence-electron chi connectivity index (χ3n) is 5.85. The Morgan fingerprint density at radius 3 is 1.38 bits per heavy atom. The Morgan fingerprint density at radius 2 is 1.00 bits per heavy atom. The van der Waals surface area contributed by atoms with E-state index >= 15 is 0 Å². The number of nitrogens with zero attached hydrogens (tertiary/aromatic N) is 2. The molecule has 2 aliphatic heterocycles. The summed E-state index contributed by atoms with van der Waals surface area (Å²) >= 11 is 0. The molecule has 0 saturated heterocycles. The van der Waals surface area contributed by atoms with Gasteiger partial charge in [-0.25, -0.2) is 0 Å². The first-order valence-electron chi connectivity index (χ1n) is 11.7. The van der Waals surface area contributed by atoms with E-state index in [-0.39, 0.29) is 72.9 Å². The van der Waals surface area contributed by atoms with Crippen LogP contribution >= 0.6 is 0 Å². The van der Waals surface area contributed by atoms with Crippen LogP contribution in [-0.2, 0) is 19.1 Å². The number of benzene rings is 2. The summed E-state index contributed by atoms with van der Waals surface area (Å²) in [5.74, 6) is -2.41. The van der Waals surface area contributed by atoms with E-state index in [4.69, 9.17) is 14.2 Å². The molecule has 0 atom stereocenters. The first kappa shape index (κ1) is 25.5. The maximum Gasteiger partial charge on any atom is 0.305 e. The van der Waals surface area contributed by atoms with E-state index in [0.29, 0.717) is 0 Å². The van der Waals surface area contributed by atoms with Gasteiger partial charge in [-0.05, 0) is 36.4 Å². The van der Waals surface area contributed by atoms with E-state index < -0.39 is 35.6 Å². The number of ether oxygens (including phenoxy) is 3. The summed E-state index contributed by atoms with van der Waals surface area (Å²) < 4.78 is 15.7. The second-order valence-electron chi connectivity index (χ2n) is 8.19. The van der Waals surface area contributed by atoms with E-state index in [1.807, 2.05) is 0 Å². The number of carbonyl (C=O) groups excluding carboxylic acids is 6. The lowest BCUT2D eigenvalue weighted by atomic mass is 10.1. The van der Waals surface area contributed by atoms with E-state index in [1.54, 1.807) is 13.8 Å². The second-order valence-corrected chi connectivity index (χ2v) is 8.19. The van der Waals surface area contributed by atoms with Gasteiger partial charge in [0.15, 0.2) is 0 Å². The Kier molecular flexibility index (Phi) is 7.32. The van der Waals surface area contributed by atoms with Crippen molar-refractivity contribution >= 4 is 35.6 Å². The van der Waals surface area contributed by atoms with Crippen molar-refractivity contribution in [2.45, 2.75) is 26.7 Å². The minimum Gasteiger partial charge on any atom is -0.464 e. The molecule has 0 N–H and O–H groups in total. The van der Waals surface area contributed by atoms with Crippen LogP contribution in [0.1, 0.15) is 68.1 Å². The number of rotatable bonds is 10. The van der Waals surface area contributed by atoms with Crippen molar-refractivity contribution in [1.29, 1.82) is 0 Å². The molecule has 0 radical (unpaired) electrons. The van der Waals surface area contributed by atoms with Gasteiger partial charge in [0.25, 0.3) is 23.6 Å². The molecule has 11 heteroatoms. The first-order valence-corrected chi connectivity index (χ1v) is 11.7. The van der Waals surface area contributed by atoms with Gasteiger partial charge in [0.1, 0.15) is 24.7 Å². The lowest BCUT2D eigenvalue weighted by Crippen LogP contribution is -2.33. The van der Waals surface area contributed by atoms with Gasteiger partial charge in [-0.3, -0.25) is 38.6 Å². The number of hydrogen-bond acceptors (Lipinski definition) is 9. The van der Waals surface area contributed by atoms with Gasteiger partial charge < -0.3 is 14.2 Å². The minimum absolute atomic E-state index is 0.0661. The molecule has 0 saturated carbocycles. The van der Waals surface area contributed by atoms with E-state index in [2.05, 4.69) is 0 Å². The van der Waals surface area contributed by atoms with Gasteiger partial charge in [0.05, 0.1) is 35.3 Å². The van der Waals surface area contributed by atoms with Crippen molar-refractivity contribution < 1.29 is 43.0 Å². The normalized spacial score (nSPS) is 14.1. The zero-order valence-corrected chi connectivity index (χ0v) is 20.3. The molecule has 2 aromatic carbocycles. The van der Waals surface area contributed by atoms with E-state index in [0.717, 1.165) is 9.80 Å². The topological polar surface area (TPSA) is 137 Å². The summed E-state index contributed by atoms with van der Waals surface area (Å²) in [6.45, 7) is 2.96. The molecular formula is C26H24N2O9. The fraction of sp³-hybridized carbons (Fsp3) is 0.308. The molecule has 4 amide bonds. The van der Waals surface area contributed by atoms with Crippen molar-refractivity contribution in [3.8, 4) is 11.5 Å². The highest BCUT2D eigenvalue weighted by atomic mass is 16.5. The van der Waals surface area contributed by atoms with E-state index in [1.165, 1.54) is 36.4 Å². The largest absolute Gasteiger partial charge is 0.464 e. The van der Waals surface area contributed by atoms with Crippen molar-refractivity contribution in [3.05, 3.63) is 58.7 Å². The summed E-state index contributed by atoms with van der Waals surface area (Å²) in [4.78, 5) is 75.3. The van der Waals surface area contributed by atoms with Crippen molar-refractivity contribution in [2.75, 3.05) is 26.3 Å². The molecule has 0 aliphatic carbocycles. The third-order valence-corrected chi connectivity index (χ3v) is 5.85. The van der Waals surface area contributed by atoms with Crippen molar-refractivity contribution in [3.63, 3.8) is 0 Å². The van der Waals surface area contributed by atoms with Crippen LogP contribution in [0.2, 0.25) is 0 Å². The maximum atomic E-state index is 12.8. The highest BCUT2D eigenvalue weighted by molar-refractivity contribution is 6.22. The van der Waals surface area contributed by atoms with Crippen LogP contribution in [0.4, 0.5) is 0 Å².